The van der Waals surface area contributed by atoms with Crippen LogP contribution in [-0.4, -0.2) is 18.1 Å². The van der Waals surface area contributed by atoms with Crippen LogP contribution in [0.15, 0.2) is 18.2 Å². The Morgan fingerprint density at radius 2 is 2.11 bits per heavy atom. The number of carbonyl (C=O) groups is 1. The van der Waals surface area contributed by atoms with E-state index in [2.05, 4.69) is 5.32 Å². The van der Waals surface area contributed by atoms with Gasteiger partial charge in [0.15, 0.2) is 0 Å². The Hall–Kier alpha value is -1.56. The van der Waals surface area contributed by atoms with Crippen molar-refractivity contribution in [2.45, 2.75) is 37.8 Å². The highest BCUT2D eigenvalue weighted by molar-refractivity contribution is 5.82. The van der Waals surface area contributed by atoms with Gasteiger partial charge in [0.25, 0.3) is 0 Å². The summed E-state index contributed by atoms with van der Waals surface area (Å²) in [5.74, 6) is -0.228. The van der Waals surface area contributed by atoms with E-state index in [0.717, 1.165) is 17.7 Å². The number of alkyl halides is 3. The summed E-state index contributed by atoms with van der Waals surface area (Å²) in [6.45, 7) is 1.63. The molecule has 3 rings (SSSR count). The zero-order valence-corrected chi connectivity index (χ0v) is 10.1. The van der Waals surface area contributed by atoms with Crippen LogP contribution in [0.5, 0.6) is 0 Å². The van der Waals surface area contributed by atoms with Crippen LogP contribution < -0.4 is 5.32 Å². The van der Waals surface area contributed by atoms with Gasteiger partial charge in [-0.25, -0.2) is 0 Å². The lowest BCUT2D eigenvalue weighted by molar-refractivity contribution is -0.146. The molecule has 0 aromatic heterocycles. The van der Waals surface area contributed by atoms with Gasteiger partial charge in [-0.05, 0) is 30.2 Å². The standard InChI is InChI=1S/C13H12F3NO2/c1-6-12(18)17-11-9-3-2-8(13(14,15)16)4-7(9)5-10(11)19-6/h2-4,6,10-11H,5H2,1H3,(H,17,18)/t6-,10?,11?/m0/s1. The molecule has 3 atom stereocenters. The second-order valence-electron chi connectivity index (χ2n) is 4.92. The van der Waals surface area contributed by atoms with Crippen molar-refractivity contribution in [3.63, 3.8) is 0 Å². The third kappa shape index (κ3) is 2.00. The number of fused-ring (bicyclic) bond motifs is 3. The molecule has 1 aliphatic carbocycles. The van der Waals surface area contributed by atoms with E-state index in [1.54, 1.807) is 6.92 Å². The van der Waals surface area contributed by atoms with Crippen LogP contribution in [0.2, 0.25) is 0 Å². The molecule has 2 aliphatic rings. The molecule has 0 spiro atoms. The Balaban J connectivity index is 1.95. The molecule has 0 radical (unpaired) electrons. The molecule has 1 amide bonds. The molecule has 0 bridgehead atoms. The van der Waals surface area contributed by atoms with Gasteiger partial charge in [0.2, 0.25) is 5.91 Å². The SMILES string of the molecule is C[C@@H]1OC2Cc3cc(C(F)(F)F)ccc3C2NC1=O. The van der Waals surface area contributed by atoms with Crippen molar-refractivity contribution in [2.24, 2.45) is 0 Å². The molecule has 6 heteroatoms. The lowest BCUT2D eigenvalue weighted by Crippen LogP contribution is -2.48. The first-order valence-corrected chi connectivity index (χ1v) is 6.02. The van der Waals surface area contributed by atoms with E-state index < -0.39 is 17.8 Å². The number of hydrogen-bond donors (Lipinski definition) is 1. The molecule has 3 nitrogen and oxygen atoms in total. The lowest BCUT2D eigenvalue weighted by atomic mass is 10.0. The summed E-state index contributed by atoms with van der Waals surface area (Å²) in [4.78, 5) is 11.6. The number of ether oxygens (including phenoxy) is 1. The van der Waals surface area contributed by atoms with Gasteiger partial charge >= 0.3 is 6.18 Å². The van der Waals surface area contributed by atoms with Crippen molar-refractivity contribution in [1.29, 1.82) is 0 Å². The van der Waals surface area contributed by atoms with Crippen LogP contribution in [0.25, 0.3) is 0 Å². The van der Waals surface area contributed by atoms with Crippen LogP contribution in [0, 0.1) is 0 Å². The zero-order valence-electron chi connectivity index (χ0n) is 10.1. The Morgan fingerprint density at radius 1 is 1.37 bits per heavy atom. The van der Waals surface area contributed by atoms with Gasteiger partial charge in [-0.2, -0.15) is 13.2 Å². The van der Waals surface area contributed by atoms with E-state index in [1.807, 2.05) is 0 Å². The Bertz CT molecular complexity index is 541. The quantitative estimate of drug-likeness (QED) is 0.785. The number of halogens is 3. The number of hydrogen-bond acceptors (Lipinski definition) is 2. The second-order valence-corrected chi connectivity index (χ2v) is 4.92. The van der Waals surface area contributed by atoms with Crippen LogP contribution in [0.4, 0.5) is 13.2 Å². The molecule has 1 fully saturated rings. The number of rotatable bonds is 0. The third-order valence-electron chi connectivity index (χ3n) is 3.64. The van der Waals surface area contributed by atoms with E-state index in [9.17, 15) is 18.0 Å². The van der Waals surface area contributed by atoms with Gasteiger partial charge < -0.3 is 10.1 Å². The molecule has 2 unspecified atom stereocenters. The van der Waals surface area contributed by atoms with Crippen molar-refractivity contribution in [3.8, 4) is 0 Å². The van der Waals surface area contributed by atoms with Crippen molar-refractivity contribution in [1.82, 2.24) is 5.32 Å². The minimum Gasteiger partial charge on any atom is -0.363 e. The van der Waals surface area contributed by atoms with E-state index in [0.29, 0.717) is 12.0 Å². The van der Waals surface area contributed by atoms with Crippen molar-refractivity contribution in [3.05, 3.63) is 34.9 Å². The molecule has 1 aliphatic heterocycles. The first kappa shape index (κ1) is 12.5. The lowest BCUT2D eigenvalue weighted by Gasteiger charge is -2.31. The molecular formula is C13H12F3NO2. The van der Waals surface area contributed by atoms with Crippen LogP contribution in [-0.2, 0) is 22.1 Å². The number of morpholine rings is 1. The maximum absolute atomic E-state index is 12.6. The molecule has 102 valence electrons. The zero-order chi connectivity index (χ0) is 13.8. The molecule has 1 aromatic rings. The van der Waals surface area contributed by atoms with Gasteiger partial charge in [-0.15, -0.1) is 0 Å². The average Bonchev–Trinajstić information content (AvgIpc) is 2.65. The van der Waals surface area contributed by atoms with Gasteiger partial charge in [0.05, 0.1) is 17.7 Å². The maximum Gasteiger partial charge on any atom is 0.416 e. The largest absolute Gasteiger partial charge is 0.416 e. The maximum atomic E-state index is 12.6. The average molecular weight is 271 g/mol. The topological polar surface area (TPSA) is 38.3 Å². The fourth-order valence-electron chi connectivity index (χ4n) is 2.69. The van der Waals surface area contributed by atoms with Crippen LogP contribution in [0.1, 0.15) is 29.7 Å². The molecule has 0 saturated carbocycles. The smallest absolute Gasteiger partial charge is 0.363 e. The van der Waals surface area contributed by atoms with Gasteiger partial charge in [0, 0.05) is 6.42 Å². The minimum absolute atomic E-state index is 0.228. The molecule has 1 aromatic carbocycles. The van der Waals surface area contributed by atoms with Crippen LogP contribution >= 0.6 is 0 Å². The first-order chi connectivity index (χ1) is 8.86. The summed E-state index contributed by atoms with van der Waals surface area (Å²) in [5, 5.41) is 2.80. The van der Waals surface area contributed by atoms with Crippen molar-refractivity contribution < 1.29 is 22.7 Å². The minimum atomic E-state index is -4.35. The summed E-state index contributed by atoms with van der Waals surface area (Å²) >= 11 is 0. The highest BCUT2D eigenvalue weighted by Crippen LogP contribution is 2.39. The molecule has 19 heavy (non-hydrogen) atoms. The Kier molecular flexibility index (Phi) is 2.60. The van der Waals surface area contributed by atoms with E-state index in [1.165, 1.54) is 6.07 Å². The summed E-state index contributed by atoms with van der Waals surface area (Å²) < 4.78 is 43.5. The van der Waals surface area contributed by atoms with Crippen molar-refractivity contribution in [2.75, 3.05) is 0 Å². The highest BCUT2D eigenvalue weighted by atomic mass is 19.4. The fourth-order valence-corrected chi connectivity index (χ4v) is 2.69. The predicted octanol–water partition coefficient (Wildman–Crippen LogP) is 2.21. The number of carbonyl (C=O) groups excluding carboxylic acids is 1. The number of benzene rings is 1. The Labute approximate surface area is 107 Å². The van der Waals surface area contributed by atoms with Gasteiger partial charge in [-0.1, -0.05) is 6.07 Å². The predicted molar refractivity (Wildman–Crippen MR) is 60.4 cm³/mol. The van der Waals surface area contributed by atoms with E-state index in [-0.39, 0.29) is 18.1 Å². The molecular weight excluding hydrogens is 259 g/mol. The van der Waals surface area contributed by atoms with Crippen molar-refractivity contribution >= 4 is 5.91 Å². The van der Waals surface area contributed by atoms with Gasteiger partial charge in [-0.3, -0.25) is 4.79 Å². The molecule has 1 N–H and O–H groups in total. The van der Waals surface area contributed by atoms with E-state index >= 15 is 0 Å². The summed E-state index contributed by atoms with van der Waals surface area (Å²) in [5.41, 5.74) is 0.654. The first-order valence-electron chi connectivity index (χ1n) is 6.02. The molecule has 1 heterocycles. The third-order valence-corrected chi connectivity index (χ3v) is 3.64. The fraction of sp³-hybridized carbons (Fsp3) is 0.462. The van der Waals surface area contributed by atoms with E-state index in [4.69, 9.17) is 4.74 Å². The summed E-state index contributed by atoms with van der Waals surface area (Å²) in [6.07, 6.45) is -4.78. The number of nitrogens with one attached hydrogen (secondary N) is 1. The monoisotopic (exact) mass is 271 g/mol. The Morgan fingerprint density at radius 3 is 2.79 bits per heavy atom. The normalized spacial score (nSPS) is 29.7. The molecule has 1 saturated heterocycles. The highest BCUT2D eigenvalue weighted by Gasteiger charge is 2.42. The number of amides is 1. The second kappa shape index (κ2) is 3.96. The van der Waals surface area contributed by atoms with Gasteiger partial charge in [0.1, 0.15) is 6.10 Å². The summed E-state index contributed by atoms with van der Waals surface area (Å²) in [7, 11) is 0. The summed E-state index contributed by atoms with van der Waals surface area (Å²) in [6, 6.07) is 3.29. The van der Waals surface area contributed by atoms with Crippen LogP contribution in [0.3, 0.4) is 0 Å².